The number of ether oxygens (including phenoxy) is 1. The molecule has 6 nitrogen and oxygen atoms in total. The van der Waals surface area contributed by atoms with Gasteiger partial charge in [0.05, 0.1) is 0 Å². The number of rotatable bonds is 7. The number of aryl methyl sites for hydroxylation is 1. The van der Waals surface area contributed by atoms with E-state index in [9.17, 15) is 9.59 Å². The normalized spacial score (nSPS) is 10.6. The fourth-order valence-electron chi connectivity index (χ4n) is 3.09. The van der Waals surface area contributed by atoms with Crippen LogP contribution in [0.3, 0.4) is 0 Å². The van der Waals surface area contributed by atoms with E-state index in [0.717, 1.165) is 11.8 Å². The highest BCUT2D eigenvalue weighted by Crippen LogP contribution is 2.21. The smallest absolute Gasteiger partial charge is 0.291 e. The summed E-state index contributed by atoms with van der Waals surface area (Å²) in [6.45, 7) is 1.99. The van der Waals surface area contributed by atoms with Gasteiger partial charge in [-0.25, -0.2) is 0 Å². The lowest BCUT2D eigenvalue weighted by Crippen LogP contribution is -2.20. The van der Waals surface area contributed by atoms with Crippen LogP contribution in [0.2, 0.25) is 0 Å². The van der Waals surface area contributed by atoms with E-state index in [0.29, 0.717) is 22.7 Å². The summed E-state index contributed by atoms with van der Waals surface area (Å²) in [7, 11) is 0. The number of hydrogen-bond acceptors (Lipinski definition) is 4. The Kier molecular flexibility index (Phi) is 5.98. The number of hydrogen-bond donors (Lipinski definition) is 2. The van der Waals surface area contributed by atoms with Crippen LogP contribution in [-0.2, 0) is 11.2 Å². The Morgan fingerprint density at radius 3 is 2.23 bits per heavy atom. The Bertz CT molecular complexity index is 1160. The summed E-state index contributed by atoms with van der Waals surface area (Å²) >= 11 is 0. The minimum atomic E-state index is -0.338. The van der Waals surface area contributed by atoms with Crippen molar-refractivity contribution in [1.29, 1.82) is 0 Å². The van der Waals surface area contributed by atoms with Crippen molar-refractivity contribution in [3.63, 3.8) is 0 Å². The van der Waals surface area contributed by atoms with Gasteiger partial charge in [-0.3, -0.25) is 9.59 Å². The lowest BCUT2D eigenvalue weighted by molar-refractivity contribution is -0.118. The second-order valence-corrected chi connectivity index (χ2v) is 7.01. The molecule has 0 aliphatic rings. The number of furan rings is 1. The molecule has 2 N–H and O–H groups in total. The molecule has 4 aromatic rings. The second kappa shape index (κ2) is 9.17. The summed E-state index contributed by atoms with van der Waals surface area (Å²) in [5.74, 6) is 0.285. The van der Waals surface area contributed by atoms with Crippen molar-refractivity contribution in [3.05, 3.63) is 90.2 Å². The molecule has 31 heavy (non-hydrogen) atoms. The lowest BCUT2D eigenvalue weighted by Gasteiger charge is -2.09. The van der Waals surface area contributed by atoms with Gasteiger partial charge in [0.1, 0.15) is 11.3 Å². The standard InChI is InChI=1S/C25H22N2O4/c1-2-17-7-13-21(14-8-17)30-16-24(28)26-19-9-11-20(12-10-19)27-25(29)23-15-18-5-3-4-6-22(18)31-23/h3-15H,2,16H2,1H3,(H,26,28)(H,27,29). The Morgan fingerprint density at radius 2 is 1.55 bits per heavy atom. The van der Waals surface area contributed by atoms with Crippen LogP contribution in [0.5, 0.6) is 5.75 Å². The van der Waals surface area contributed by atoms with E-state index in [4.69, 9.17) is 9.15 Å². The first-order valence-corrected chi connectivity index (χ1v) is 10.0. The summed E-state index contributed by atoms with van der Waals surface area (Å²) < 4.78 is 11.1. The molecular formula is C25H22N2O4. The molecule has 2 amide bonds. The van der Waals surface area contributed by atoms with Gasteiger partial charge in [0, 0.05) is 16.8 Å². The molecule has 0 spiro atoms. The monoisotopic (exact) mass is 414 g/mol. The highest BCUT2D eigenvalue weighted by molar-refractivity contribution is 6.04. The Hall–Kier alpha value is -4.06. The number of para-hydroxylation sites is 1. The predicted octanol–water partition coefficient (Wildman–Crippen LogP) is 5.27. The molecule has 0 bridgehead atoms. The quantitative estimate of drug-likeness (QED) is 0.432. The summed E-state index contributed by atoms with van der Waals surface area (Å²) in [6.07, 6.45) is 0.954. The lowest BCUT2D eigenvalue weighted by atomic mass is 10.2. The predicted molar refractivity (Wildman–Crippen MR) is 121 cm³/mol. The van der Waals surface area contributed by atoms with Gasteiger partial charge >= 0.3 is 0 Å². The molecule has 0 aliphatic heterocycles. The van der Waals surface area contributed by atoms with E-state index in [1.165, 1.54) is 5.56 Å². The van der Waals surface area contributed by atoms with Gasteiger partial charge in [-0.1, -0.05) is 37.3 Å². The average molecular weight is 414 g/mol. The fraction of sp³-hybridized carbons (Fsp3) is 0.120. The number of fused-ring (bicyclic) bond motifs is 1. The Labute approximate surface area is 179 Å². The largest absolute Gasteiger partial charge is 0.484 e. The molecule has 1 heterocycles. The molecule has 0 aliphatic carbocycles. The molecule has 3 aromatic carbocycles. The van der Waals surface area contributed by atoms with Gasteiger partial charge in [0.15, 0.2) is 12.4 Å². The van der Waals surface area contributed by atoms with E-state index >= 15 is 0 Å². The molecule has 0 fully saturated rings. The van der Waals surface area contributed by atoms with Gasteiger partial charge < -0.3 is 19.8 Å². The van der Waals surface area contributed by atoms with Crippen LogP contribution < -0.4 is 15.4 Å². The summed E-state index contributed by atoms with van der Waals surface area (Å²) in [5, 5.41) is 6.42. The zero-order chi connectivity index (χ0) is 21.6. The van der Waals surface area contributed by atoms with Crippen LogP contribution in [-0.4, -0.2) is 18.4 Å². The number of benzene rings is 3. The van der Waals surface area contributed by atoms with Crippen molar-refractivity contribution in [1.82, 2.24) is 0 Å². The van der Waals surface area contributed by atoms with Crippen LogP contribution in [0, 0.1) is 0 Å². The zero-order valence-corrected chi connectivity index (χ0v) is 17.1. The van der Waals surface area contributed by atoms with E-state index in [1.54, 1.807) is 30.3 Å². The highest BCUT2D eigenvalue weighted by atomic mass is 16.5. The number of anilines is 2. The van der Waals surface area contributed by atoms with Crippen LogP contribution >= 0.6 is 0 Å². The van der Waals surface area contributed by atoms with Crippen molar-refractivity contribution in [2.75, 3.05) is 17.2 Å². The van der Waals surface area contributed by atoms with Gasteiger partial charge in [-0.15, -0.1) is 0 Å². The van der Waals surface area contributed by atoms with E-state index in [2.05, 4.69) is 17.6 Å². The number of nitrogens with one attached hydrogen (secondary N) is 2. The average Bonchev–Trinajstić information content (AvgIpc) is 3.24. The van der Waals surface area contributed by atoms with Crippen LogP contribution in [0.25, 0.3) is 11.0 Å². The Balaban J connectivity index is 1.30. The first kappa shape index (κ1) is 20.2. The second-order valence-electron chi connectivity index (χ2n) is 7.01. The van der Waals surface area contributed by atoms with Gasteiger partial charge in [0.25, 0.3) is 11.8 Å². The maximum Gasteiger partial charge on any atom is 0.291 e. The zero-order valence-electron chi connectivity index (χ0n) is 17.1. The third-order valence-corrected chi connectivity index (χ3v) is 4.78. The number of amides is 2. The molecule has 1 aromatic heterocycles. The van der Waals surface area contributed by atoms with Crippen LogP contribution in [0.15, 0.2) is 83.3 Å². The highest BCUT2D eigenvalue weighted by Gasteiger charge is 2.12. The minimum absolute atomic E-state index is 0.0873. The summed E-state index contributed by atoms with van der Waals surface area (Å²) in [4.78, 5) is 24.5. The first-order valence-electron chi connectivity index (χ1n) is 10.0. The number of carbonyl (C=O) groups is 2. The molecule has 156 valence electrons. The maximum absolute atomic E-state index is 12.4. The van der Waals surface area contributed by atoms with Crippen molar-refractivity contribution in [2.24, 2.45) is 0 Å². The Morgan fingerprint density at radius 1 is 0.871 bits per heavy atom. The summed E-state index contributed by atoms with van der Waals surface area (Å²) in [6, 6.07) is 23.6. The topological polar surface area (TPSA) is 80.6 Å². The molecule has 0 atom stereocenters. The molecule has 0 unspecified atom stereocenters. The van der Waals surface area contributed by atoms with Crippen LogP contribution in [0.4, 0.5) is 11.4 Å². The number of carbonyl (C=O) groups excluding carboxylic acids is 2. The van der Waals surface area contributed by atoms with Gasteiger partial charge in [-0.2, -0.15) is 0 Å². The van der Waals surface area contributed by atoms with E-state index in [1.807, 2.05) is 48.5 Å². The van der Waals surface area contributed by atoms with Crippen LogP contribution in [0.1, 0.15) is 23.0 Å². The molecular weight excluding hydrogens is 392 g/mol. The van der Waals surface area contributed by atoms with E-state index in [-0.39, 0.29) is 24.2 Å². The maximum atomic E-state index is 12.4. The molecule has 0 saturated heterocycles. The van der Waals surface area contributed by atoms with E-state index < -0.39 is 0 Å². The van der Waals surface area contributed by atoms with Crippen molar-refractivity contribution >= 4 is 34.2 Å². The summed E-state index contributed by atoms with van der Waals surface area (Å²) in [5.41, 5.74) is 3.07. The van der Waals surface area contributed by atoms with Crippen molar-refractivity contribution in [3.8, 4) is 5.75 Å². The first-order chi connectivity index (χ1) is 15.1. The van der Waals surface area contributed by atoms with Gasteiger partial charge in [0.2, 0.25) is 0 Å². The SMILES string of the molecule is CCc1ccc(OCC(=O)Nc2ccc(NC(=O)c3cc4ccccc4o3)cc2)cc1. The fourth-order valence-corrected chi connectivity index (χ4v) is 3.09. The molecule has 0 saturated carbocycles. The molecule has 0 radical (unpaired) electrons. The molecule has 6 heteroatoms. The third kappa shape index (κ3) is 5.11. The third-order valence-electron chi connectivity index (χ3n) is 4.78. The van der Waals surface area contributed by atoms with Crippen molar-refractivity contribution < 1.29 is 18.7 Å². The van der Waals surface area contributed by atoms with Gasteiger partial charge in [-0.05, 0) is 60.5 Å². The minimum Gasteiger partial charge on any atom is -0.484 e. The molecule has 4 rings (SSSR count). The van der Waals surface area contributed by atoms with Crippen molar-refractivity contribution in [2.45, 2.75) is 13.3 Å².